The molecule has 0 N–H and O–H groups in total. The fraction of sp³-hybridized carbons (Fsp3) is 0.312. The summed E-state index contributed by atoms with van der Waals surface area (Å²) in [7, 11) is 6.94. The lowest BCUT2D eigenvalue weighted by Gasteiger charge is -2.19. The molecule has 116 valence electrons. The zero-order chi connectivity index (χ0) is 16.1. The standard InChI is InChI=1S/C16H20N4O2/c1-19(2)16(21)14-9-17-10-15(18-14)20(3)11-12-6-5-7-13(8-12)22-4/h5-10H,11H2,1-4H3. The number of carbonyl (C=O) groups is 1. The van der Waals surface area contributed by atoms with E-state index in [0.717, 1.165) is 11.3 Å². The molecule has 6 nitrogen and oxygen atoms in total. The Kier molecular flexibility index (Phi) is 4.93. The minimum absolute atomic E-state index is 0.163. The number of ether oxygens (including phenoxy) is 1. The van der Waals surface area contributed by atoms with Gasteiger partial charge in [0.15, 0.2) is 0 Å². The third-order valence-electron chi connectivity index (χ3n) is 3.19. The number of methoxy groups -OCH3 is 1. The highest BCUT2D eigenvalue weighted by molar-refractivity contribution is 5.91. The zero-order valence-corrected chi connectivity index (χ0v) is 13.3. The van der Waals surface area contributed by atoms with Crippen LogP contribution in [-0.2, 0) is 6.54 Å². The van der Waals surface area contributed by atoms with Crippen molar-refractivity contribution in [2.24, 2.45) is 0 Å². The molecule has 2 aromatic rings. The van der Waals surface area contributed by atoms with Crippen molar-refractivity contribution in [2.75, 3.05) is 33.2 Å². The number of hydrogen-bond donors (Lipinski definition) is 0. The first-order chi connectivity index (χ1) is 10.5. The van der Waals surface area contributed by atoms with Gasteiger partial charge in [-0.2, -0.15) is 0 Å². The average Bonchev–Trinajstić information content (AvgIpc) is 2.54. The number of carbonyl (C=O) groups excluding carboxylic acids is 1. The van der Waals surface area contributed by atoms with E-state index < -0.39 is 0 Å². The van der Waals surface area contributed by atoms with E-state index in [0.29, 0.717) is 18.1 Å². The van der Waals surface area contributed by atoms with Gasteiger partial charge in [0, 0.05) is 27.7 Å². The molecule has 1 heterocycles. The van der Waals surface area contributed by atoms with Crippen molar-refractivity contribution in [1.82, 2.24) is 14.9 Å². The number of rotatable bonds is 5. The summed E-state index contributed by atoms with van der Waals surface area (Å²) in [6, 6.07) is 7.83. The molecule has 22 heavy (non-hydrogen) atoms. The van der Waals surface area contributed by atoms with Crippen LogP contribution < -0.4 is 9.64 Å². The molecule has 0 unspecified atom stereocenters. The minimum Gasteiger partial charge on any atom is -0.497 e. The minimum atomic E-state index is -0.163. The quantitative estimate of drug-likeness (QED) is 0.843. The highest BCUT2D eigenvalue weighted by atomic mass is 16.5. The van der Waals surface area contributed by atoms with Gasteiger partial charge >= 0.3 is 0 Å². The topological polar surface area (TPSA) is 58.6 Å². The molecule has 0 fully saturated rings. The van der Waals surface area contributed by atoms with Crippen molar-refractivity contribution in [3.8, 4) is 5.75 Å². The van der Waals surface area contributed by atoms with Gasteiger partial charge in [-0.15, -0.1) is 0 Å². The Morgan fingerprint density at radius 1 is 1.23 bits per heavy atom. The van der Waals surface area contributed by atoms with Crippen LogP contribution in [-0.4, -0.2) is 49.0 Å². The van der Waals surface area contributed by atoms with E-state index in [1.54, 1.807) is 27.4 Å². The maximum Gasteiger partial charge on any atom is 0.273 e. The molecular formula is C16H20N4O2. The maximum absolute atomic E-state index is 11.9. The Balaban J connectivity index is 2.17. The van der Waals surface area contributed by atoms with Gasteiger partial charge in [0.25, 0.3) is 5.91 Å². The van der Waals surface area contributed by atoms with Crippen molar-refractivity contribution >= 4 is 11.7 Å². The summed E-state index contributed by atoms with van der Waals surface area (Å²) >= 11 is 0. The van der Waals surface area contributed by atoms with Gasteiger partial charge in [0.05, 0.1) is 19.5 Å². The molecule has 0 saturated carbocycles. The fourth-order valence-electron chi connectivity index (χ4n) is 2.00. The van der Waals surface area contributed by atoms with Crippen LogP contribution in [0.2, 0.25) is 0 Å². The van der Waals surface area contributed by atoms with Crippen LogP contribution >= 0.6 is 0 Å². The smallest absolute Gasteiger partial charge is 0.273 e. The van der Waals surface area contributed by atoms with Crippen LogP contribution in [0.3, 0.4) is 0 Å². The molecule has 0 spiro atoms. The average molecular weight is 300 g/mol. The Bertz CT molecular complexity index is 658. The van der Waals surface area contributed by atoms with E-state index in [4.69, 9.17) is 4.74 Å². The van der Waals surface area contributed by atoms with E-state index in [-0.39, 0.29) is 5.91 Å². The van der Waals surface area contributed by atoms with Gasteiger partial charge < -0.3 is 14.5 Å². The van der Waals surface area contributed by atoms with Crippen molar-refractivity contribution < 1.29 is 9.53 Å². The summed E-state index contributed by atoms with van der Waals surface area (Å²) in [5.74, 6) is 1.30. The summed E-state index contributed by atoms with van der Waals surface area (Å²) in [6.07, 6.45) is 3.12. The molecule has 0 bridgehead atoms. The second-order valence-electron chi connectivity index (χ2n) is 5.17. The predicted molar refractivity (Wildman–Crippen MR) is 85.2 cm³/mol. The molecule has 1 aromatic carbocycles. The Hall–Kier alpha value is -2.63. The van der Waals surface area contributed by atoms with Crippen LogP contribution in [0.4, 0.5) is 5.82 Å². The van der Waals surface area contributed by atoms with Gasteiger partial charge in [-0.05, 0) is 17.7 Å². The molecule has 0 aliphatic heterocycles. The lowest BCUT2D eigenvalue weighted by atomic mass is 10.2. The summed E-state index contributed by atoms with van der Waals surface area (Å²) in [6.45, 7) is 0.644. The van der Waals surface area contributed by atoms with Crippen LogP contribution in [0.5, 0.6) is 5.75 Å². The van der Waals surface area contributed by atoms with E-state index in [9.17, 15) is 4.79 Å². The number of aromatic nitrogens is 2. The molecule has 0 saturated heterocycles. The molecule has 6 heteroatoms. The summed E-state index contributed by atoms with van der Waals surface area (Å²) < 4.78 is 5.22. The van der Waals surface area contributed by atoms with Crippen molar-refractivity contribution in [1.29, 1.82) is 0 Å². The molecule has 2 rings (SSSR count). The Morgan fingerprint density at radius 3 is 2.68 bits per heavy atom. The van der Waals surface area contributed by atoms with Crippen LogP contribution in [0.1, 0.15) is 16.1 Å². The largest absolute Gasteiger partial charge is 0.497 e. The lowest BCUT2D eigenvalue weighted by Crippen LogP contribution is -2.25. The number of amides is 1. The molecular weight excluding hydrogens is 280 g/mol. The van der Waals surface area contributed by atoms with Gasteiger partial charge in [0.2, 0.25) is 0 Å². The first-order valence-electron chi connectivity index (χ1n) is 6.89. The highest BCUT2D eigenvalue weighted by Crippen LogP contribution is 2.17. The van der Waals surface area contributed by atoms with Crippen LogP contribution in [0.15, 0.2) is 36.7 Å². The molecule has 1 aromatic heterocycles. The number of hydrogen-bond acceptors (Lipinski definition) is 5. The second-order valence-corrected chi connectivity index (χ2v) is 5.17. The second kappa shape index (κ2) is 6.89. The molecule has 0 aliphatic rings. The molecule has 0 aliphatic carbocycles. The number of nitrogens with zero attached hydrogens (tertiary/aromatic N) is 4. The lowest BCUT2D eigenvalue weighted by molar-refractivity contribution is 0.0821. The zero-order valence-electron chi connectivity index (χ0n) is 13.3. The number of anilines is 1. The van der Waals surface area contributed by atoms with Crippen LogP contribution in [0, 0.1) is 0 Å². The summed E-state index contributed by atoms with van der Waals surface area (Å²) in [5, 5.41) is 0. The van der Waals surface area contributed by atoms with Crippen molar-refractivity contribution in [2.45, 2.75) is 6.54 Å². The summed E-state index contributed by atoms with van der Waals surface area (Å²) in [4.78, 5) is 23.9. The monoisotopic (exact) mass is 300 g/mol. The Labute approximate surface area is 130 Å². The van der Waals surface area contributed by atoms with Gasteiger partial charge in [-0.1, -0.05) is 12.1 Å². The molecule has 0 radical (unpaired) electrons. The Morgan fingerprint density at radius 2 is 2.00 bits per heavy atom. The number of benzene rings is 1. The van der Waals surface area contributed by atoms with E-state index in [1.165, 1.54) is 11.1 Å². The first-order valence-corrected chi connectivity index (χ1v) is 6.89. The fourth-order valence-corrected chi connectivity index (χ4v) is 2.00. The highest BCUT2D eigenvalue weighted by Gasteiger charge is 2.12. The third kappa shape index (κ3) is 3.72. The van der Waals surface area contributed by atoms with E-state index in [1.807, 2.05) is 36.2 Å². The predicted octanol–water partition coefficient (Wildman–Crippen LogP) is 1.82. The first kappa shape index (κ1) is 15.8. The van der Waals surface area contributed by atoms with Gasteiger partial charge in [0.1, 0.15) is 17.3 Å². The van der Waals surface area contributed by atoms with Crippen LogP contribution in [0.25, 0.3) is 0 Å². The molecule has 1 amide bonds. The normalized spacial score (nSPS) is 10.2. The van der Waals surface area contributed by atoms with E-state index in [2.05, 4.69) is 9.97 Å². The molecule has 0 atom stereocenters. The van der Waals surface area contributed by atoms with Gasteiger partial charge in [-0.25, -0.2) is 4.98 Å². The van der Waals surface area contributed by atoms with Crippen molar-refractivity contribution in [3.63, 3.8) is 0 Å². The third-order valence-corrected chi connectivity index (χ3v) is 3.19. The maximum atomic E-state index is 11.9. The van der Waals surface area contributed by atoms with Gasteiger partial charge in [-0.3, -0.25) is 9.78 Å². The van der Waals surface area contributed by atoms with Crippen molar-refractivity contribution in [3.05, 3.63) is 47.9 Å². The SMILES string of the molecule is COc1cccc(CN(C)c2cncc(C(=O)N(C)C)n2)c1. The van der Waals surface area contributed by atoms with E-state index >= 15 is 0 Å². The summed E-state index contributed by atoms with van der Waals surface area (Å²) in [5.41, 5.74) is 1.42.